The molecule has 0 aliphatic heterocycles. The third-order valence-electron chi connectivity index (χ3n) is 2.08. The summed E-state index contributed by atoms with van der Waals surface area (Å²) in [5.41, 5.74) is 4.90. The molecule has 90 valence electrons. The van der Waals surface area contributed by atoms with E-state index in [0.717, 1.165) is 0 Å². The quantitative estimate of drug-likeness (QED) is 0.853. The van der Waals surface area contributed by atoms with Gasteiger partial charge in [0.15, 0.2) is 0 Å². The maximum atomic E-state index is 10.9. The molecular formula is C11H13ClN4O. The number of nitriles is 1. The molecular weight excluding hydrogens is 240 g/mol. The smallest absolute Gasteiger partial charge is 0.219 e. The van der Waals surface area contributed by atoms with Crippen LogP contribution in [0.4, 0.5) is 5.82 Å². The average molecular weight is 253 g/mol. The summed E-state index contributed by atoms with van der Waals surface area (Å²) in [6, 6.07) is 3.48. The number of hydrogen-bond acceptors (Lipinski definition) is 4. The number of aromatic nitrogens is 1. The maximum absolute atomic E-state index is 10.9. The summed E-state index contributed by atoms with van der Waals surface area (Å²) in [6.45, 7) is 3.60. The van der Waals surface area contributed by atoms with Crippen LogP contribution in [-0.4, -0.2) is 16.4 Å². The fourth-order valence-corrected chi connectivity index (χ4v) is 1.62. The zero-order valence-electron chi connectivity index (χ0n) is 9.62. The van der Waals surface area contributed by atoms with Crippen molar-refractivity contribution in [2.45, 2.75) is 25.8 Å². The molecule has 0 radical (unpaired) electrons. The summed E-state index contributed by atoms with van der Waals surface area (Å²) in [4.78, 5) is 14.9. The van der Waals surface area contributed by atoms with Gasteiger partial charge in [-0.25, -0.2) is 4.98 Å². The van der Waals surface area contributed by atoms with Crippen LogP contribution in [0.3, 0.4) is 0 Å². The van der Waals surface area contributed by atoms with Gasteiger partial charge in [-0.15, -0.1) is 0 Å². The molecule has 0 aliphatic carbocycles. The topological polar surface area (TPSA) is 91.8 Å². The predicted molar refractivity (Wildman–Crippen MR) is 65.5 cm³/mol. The van der Waals surface area contributed by atoms with Crippen LogP contribution >= 0.6 is 11.6 Å². The molecule has 0 bridgehead atoms. The van der Waals surface area contributed by atoms with Gasteiger partial charge in [0.2, 0.25) is 5.91 Å². The number of pyridine rings is 1. The second-order valence-electron chi connectivity index (χ2n) is 4.28. The second-order valence-corrected chi connectivity index (χ2v) is 4.66. The minimum Gasteiger partial charge on any atom is -0.370 e. The van der Waals surface area contributed by atoms with Crippen LogP contribution in [0.15, 0.2) is 12.3 Å². The highest BCUT2D eigenvalue weighted by atomic mass is 35.5. The first-order chi connectivity index (χ1) is 7.85. The van der Waals surface area contributed by atoms with Gasteiger partial charge >= 0.3 is 0 Å². The zero-order valence-corrected chi connectivity index (χ0v) is 10.4. The number of anilines is 1. The van der Waals surface area contributed by atoms with Crippen molar-refractivity contribution in [1.29, 1.82) is 5.26 Å². The molecule has 0 saturated heterocycles. The summed E-state index contributed by atoms with van der Waals surface area (Å²) >= 11 is 5.99. The van der Waals surface area contributed by atoms with Crippen molar-refractivity contribution in [3.05, 3.63) is 22.8 Å². The minimum atomic E-state index is -0.573. The predicted octanol–water partition coefficient (Wildman–Crippen LogP) is 1.67. The highest BCUT2D eigenvalue weighted by molar-refractivity contribution is 6.34. The Labute approximate surface area is 105 Å². The number of nitrogens with two attached hydrogens (primary N) is 1. The molecule has 0 unspecified atom stereocenters. The van der Waals surface area contributed by atoms with Crippen LogP contribution in [0.2, 0.25) is 5.02 Å². The van der Waals surface area contributed by atoms with Gasteiger partial charge in [-0.3, -0.25) is 4.79 Å². The Hall–Kier alpha value is -1.80. The van der Waals surface area contributed by atoms with E-state index < -0.39 is 11.4 Å². The van der Waals surface area contributed by atoms with Crippen LogP contribution in [0.5, 0.6) is 0 Å². The van der Waals surface area contributed by atoms with Crippen molar-refractivity contribution in [2.24, 2.45) is 5.73 Å². The van der Waals surface area contributed by atoms with E-state index >= 15 is 0 Å². The minimum absolute atomic E-state index is 0.141. The molecule has 1 aromatic heterocycles. The van der Waals surface area contributed by atoms with E-state index in [1.807, 2.05) is 6.07 Å². The van der Waals surface area contributed by atoms with Gasteiger partial charge in [0.1, 0.15) is 16.9 Å². The lowest BCUT2D eigenvalue weighted by Gasteiger charge is -2.25. The zero-order chi connectivity index (χ0) is 13.1. The Balaban J connectivity index is 2.96. The Morgan fingerprint density at radius 3 is 2.88 bits per heavy atom. The normalized spacial score (nSPS) is 10.7. The van der Waals surface area contributed by atoms with Crippen LogP contribution in [-0.2, 0) is 4.79 Å². The van der Waals surface area contributed by atoms with Crippen LogP contribution < -0.4 is 11.1 Å². The number of carbonyl (C=O) groups is 1. The van der Waals surface area contributed by atoms with E-state index in [1.165, 1.54) is 12.3 Å². The number of rotatable bonds is 4. The van der Waals surface area contributed by atoms with Gasteiger partial charge in [0.25, 0.3) is 0 Å². The van der Waals surface area contributed by atoms with E-state index in [2.05, 4.69) is 10.3 Å². The summed E-state index contributed by atoms with van der Waals surface area (Å²) in [5, 5.41) is 12.1. The Morgan fingerprint density at radius 1 is 1.71 bits per heavy atom. The molecule has 0 atom stereocenters. The first-order valence-electron chi connectivity index (χ1n) is 4.97. The summed E-state index contributed by atoms with van der Waals surface area (Å²) in [6.07, 6.45) is 1.62. The van der Waals surface area contributed by atoms with E-state index in [1.54, 1.807) is 13.8 Å². The van der Waals surface area contributed by atoms with Gasteiger partial charge < -0.3 is 11.1 Å². The fourth-order valence-electron chi connectivity index (χ4n) is 1.42. The number of hydrogen-bond donors (Lipinski definition) is 2. The highest BCUT2D eigenvalue weighted by Gasteiger charge is 2.22. The third kappa shape index (κ3) is 3.61. The molecule has 3 N–H and O–H groups in total. The van der Waals surface area contributed by atoms with E-state index in [4.69, 9.17) is 22.6 Å². The monoisotopic (exact) mass is 252 g/mol. The number of halogens is 1. The number of carbonyl (C=O) groups excluding carboxylic acids is 1. The number of nitrogens with one attached hydrogen (secondary N) is 1. The van der Waals surface area contributed by atoms with E-state index in [0.29, 0.717) is 11.4 Å². The highest BCUT2D eigenvalue weighted by Crippen LogP contribution is 2.26. The van der Waals surface area contributed by atoms with Crippen molar-refractivity contribution in [3.8, 4) is 6.07 Å². The van der Waals surface area contributed by atoms with Crippen molar-refractivity contribution in [1.82, 2.24) is 4.98 Å². The van der Waals surface area contributed by atoms with Crippen molar-refractivity contribution >= 4 is 23.3 Å². The molecule has 0 saturated carbocycles. The van der Waals surface area contributed by atoms with Gasteiger partial charge in [-0.1, -0.05) is 11.6 Å². The molecule has 1 aromatic rings. The largest absolute Gasteiger partial charge is 0.370 e. The summed E-state index contributed by atoms with van der Waals surface area (Å²) in [5.74, 6) is -0.0490. The molecule has 1 rings (SSSR count). The molecule has 0 aromatic carbocycles. The molecule has 17 heavy (non-hydrogen) atoms. The van der Waals surface area contributed by atoms with Gasteiger partial charge in [-0.2, -0.15) is 5.26 Å². The SMILES string of the molecule is CC(C)(CC(N)=O)Nc1nccc(C#N)c1Cl. The van der Waals surface area contributed by atoms with E-state index in [9.17, 15) is 4.79 Å². The molecule has 0 aliphatic rings. The number of amides is 1. The van der Waals surface area contributed by atoms with Crippen LogP contribution in [0.25, 0.3) is 0 Å². The first-order valence-corrected chi connectivity index (χ1v) is 5.34. The van der Waals surface area contributed by atoms with E-state index in [-0.39, 0.29) is 11.4 Å². The van der Waals surface area contributed by atoms with Gasteiger partial charge in [0, 0.05) is 18.2 Å². The molecule has 1 amide bonds. The molecule has 6 heteroatoms. The van der Waals surface area contributed by atoms with Crippen molar-refractivity contribution < 1.29 is 4.79 Å². The molecule has 0 spiro atoms. The van der Waals surface area contributed by atoms with Crippen LogP contribution in [0.1, 0.15) is 25.8 Å². The van der Waals surface area contributed by atoms with Gasteiger partial charge in [0.05, 0.1) is 5.56 Å². The lowest BCUT2D eigenvalue weighted by molar-refractivity contribution is -0.118. The second kappa shape index (κ2) is 5.02. The average Bonchev–Trinajstić information content (AvgIpc) is 2.19. The summed E-state index contributed by atoms with van der Waals surface area (Å²) < 4.78 is 0. The van der Waals surface area contributed by atoms with Crippen LogP contribution in [0, 0.1) is 11.3 Å². The Kier molecular flexibility index (Phi) is 3.92. The van der Waals surface area contributed by atoms with Crippen molar-refractivity contribution in [2.75, 3.05) is 5.32 Å². The van der Waals surface area contributed by atoms with Gasteiger partial charge in [-0.05, 0) is 19.9 Å². The summed E-state index contributed by atoms with van der Waals surface area (Å²) in [7, 11) is 0. The lowest BCUT2D eigenvalue weighted by atomic mass is 10.0. The number of nitrogens with zero attached hydrogens (tertiary/aromatic N) is 2. The lowest BCUT2D eigenvalue weighted by Crippen LogP contribution is -2.36. The standard InChI is InChI=1S/C11H13ClN4O/c1-11(2,5-8(14)17)16-10-9(12)7(6-13)3-4-15-10/h3-4H,5H2,1-2H3,(H2,14,17)(H,15,16). The maximum Gasteiger partial charge on any atom is 0.219 e. The van der Waals surface area contributed by atoms with Crippen molar-refractivity contribution in [3.63, 3.8) is 0 Å². The number of primary amides is 1. The molecule has 1 heterocycles. The third-order valence-corrected chi connectivity index (χ3v) is 2.47. The molecule has 0 fully saturated rings. The Morgan fingerprint density at radius 2 is 2.35 bits per heavy atom. The molecule has 5 nitrogen and oxygen atoms in total. The Bertz CT molecular complexity index is 479. The first kappa shape index (κ1) is 13.3. The fraction of sp³-hybridized carbons (Fsp3) is 0.364.